The second-order valence-electron chi connectivity index (χ2n) is 4.82. The number of benzene rings is 1. The summed E-state index contributed by atoms with van der Waals surface area (Å²) < 4.78 is 0. The van der Waals surface area contributed by atoms with Gasteiger partial charge in [0, 0.05) is 11.3 Å². The van der Waals surface area contributed by atoms with Crippen molar-refractivity contribution in [3.63, 3.8) is 0 Å². The fourth-order valence-electron chi connectivity index (χ4n) is 1.84. The molecule has 0 bridgehead atoms. The normalized spacial score (nSPS) is 11.4. The first-order valence-electron chi connectivity index (χ1n) is 7.12. The first-order chi connectivity index (χ1) is 9.24. The number of hydrogen-bond acceptors (Lipinski definition) is 2. The van der Waals surface area contributed by atoms with Crippen molar-refractivity contribution in [1.82, 2.24) is 5.43 Å². The largest absolute Gasteiger partial charge is 0.271 e. The van der Waals surface area contributed by atoms with Crippen molar-refractivity contribution in [3.8, 4) is 0 Å². The van der Waals surface area contributed by atoms with Crippen molar-refractivity contribution in [1.29, 1.82) is 0 Å². The van der Waals surface area contributed by atoms with Crippen LogP contribution >= 0.6 is 0 Å². The van der Waals surface area contributed by atoms with Gasteiger partial charge in [-0.1, -0.05) is 50.8 Å². The Hall–Kier alpha value is -1.64. The maximum absolute atomic E-state index is 11.7. The Labute approximate surface area is 116 Å². The highest BCUT2D eigenvalue weighted by molar-refractivity contribution is 5.95. The van der Waals surface area contributed by atoms with Gasteiger partial charge in [0.15, 0.2) is 0 Å². The summed E-state index contributed by atoms with van der Waals surface area (Å²) in [4.78, 5) is 11.7. The summed E-state index contributed by atoms with van der Waals surface area (Å²) in [6.07, 6.45) is 7.21. The highest BCUT2D eigenvalue weighted by Crippen LogP contribution is 2.05. The zero-order valence-corrected chi connectivity index (χ0v) is 12.0. The van der Waals surface area contributed by atoms with Gasteiger partial charge < -0.3 is 0 Å². The van der Waals surface area contributed by atoms with Crippen LogP contribution in [0.1, 0.15) is 62.7 Å². The molecule has 3 nitrogen and oxygen atoms in total. The molecule has 0 heterocycles. The molecule has 1 rings (SSSR count). The molecule has 1 aromatic rings. The number of carbonyl (C=O) groups excluding carboxylic acids is 1. The van der Waals surface area contributed by atoms with Crippen molar-refractivity contribution in [2.24, 2.45) is 5.10 Å². The smallest absolute Gasteiger partial charge is 0.267 e. The lowest BCUT2D eigenvalue weighted by Crippen LogP contribution is -2.18. The van der Waals surface area contributed by atoms with E-state index in [0.717, 1.165) is 18.6 Å². The Balaban J connectivity index is 2.25. The van der Waals surface area contributed by atoms with E-state index < -0.39 is 0 Å². The van der Waals surface area contributed by atoms with E-state index >= 15 is 0 Å². The highest BCUT2D eigenvalue weighted by atomic mass is 16.2. The quantitative estimate of drug-likeness (QED) is 0.426. The summed E-state index contributed by atoms with van der Waals surface area (Å²) in [6.45, 7) is 4.18. The third kappa shape index (κ3) is 6.75. The first kappa shape index (κ1) is 15.4. The predicted octanol–water partition coefficient (Wildman–Crippen LogP) is 4.15. The fraction of sp³-hybridized carbons (Fsp3) is 0.500. The second kappa shape index (κ2) is 9.31. The number of nitrogens with one attached hydrogen (secondary N) is 1. The zero-order chi connectivity index (χ0) is 13.9. The average Bonchev–Trinajstić information content (AvgIpc) is 2.45. The Morgan fingerprint density at radius 2 is 1.79 bits per heavy atom. The SMILES string of the molecule is CCCCCCC/C(C)=N\NC(=O)c1ccccc1. The van der Waals surface area contributed by atoms with Crippen LogP contribution in [0.5, 0.6) is 0 Å². The predicted molar refractivity (Wildman–Crippen MR) is 80.4 cm³/mol. The maximum Gasteiger partial charge on any atom is 0.271 e. The van der Waals surface area contributed by atoms with E-state index in [0.29, 0.717) is 5.56 Å². The number of nitrogens with zero attached hydrogens (tertiary/aromatic N) is 1. The molecule has 0 radical (unpaired) electrons. The van der Waals surface area contributed by atoms with E-state index in [1.807, 2.05) is 25.1 Å². The van der Waals surface area contributed by atoms with Gasteiger partial charge in [0.1, 0.15) is 0 Å². The molecule has 0 aliphatic rings. The van der Waals surface area contributed by atoms with Gasteiger partial charge in [-0.3, -0.25) is 4.79 Å². The highest BCUT2D eigenvalue weighted by Gasteiger charge is 2.02. The van der Waals surface area contributed by atoms with Gasteiger partial charge in [0.2, 0.25) is 0 Å². The summed E-state index contributed by atoms with van der Waals surface area (Å²) in [5, 5.41) is 4.14. The van der Waals surface area contributed by atoms with Crippen LogP contribution in [-0.2, 0) is 0 Å². The second-order valence-corrected chi connectivity index (χ2v) is 4.82. The molecule has 1 N–H and O–H groups in total. The van der Waals surface area contributed by atoms with E-state index in [1.54, 1.807) is 12.1 Å². The molecular formula is C16H24N2O. The average molecular weight is 260 g/mol. The molecule has 0 spiro atoms. The van der Waals surface area contributed by atoms with Gasteiger partial charge in [-0.05, 0) is 31.9 Å². The van der Waals surface area contributed by atoms with Crippen molar-refractivity contribution < 1.29 is 4.79 Å². The Morgan fingerprint density at radius 3 is 2.47 bits per heavy atom. The van der Waals surface area contributed by atoms with E-state index in [1.165, 1.54) is 25.7 Å². The van der Waals surface area contributed by atoms with Crippen LogP contribution in [0, 0.1) is 0 Å². The number of hydrogen-bond donors (Lipinski definition) is 1. The number of carbonyl (C=O) groups is 1. The summed E-state index contributed by atoms with van der Waals surface area (Å²) in [5.74, 6) is -0.147. The van der Waals surface area contributed by atoms with E-state index in [4.69, 9.17) is 0 Å². The zero-order valence-electron chi connectivity index (χ0n) is 12.0. The van der Waals surface area contributed by atoms with Crippen LogP contribution in [0.4, 0.5) is 0 Å². The molecule has 0 aromatic heterocycles. The number of amides is 1. The fourth-order valence-corrected chi connectivity index (χ4v) is 1.84. The van der Waals surface area contributed by atoms with Gasteiger partial charge in [-0.25, -0.2) is 5.43 Å². The van der Waals surface area contributed by atoms with Crippen LogP contribution in [0.15, 0.2) is 35.4 Å². The monoisotopic (exact) mass is 260 g/mol. The van der Waals surface area contributed by atoms with Gasteiger partial charge in [0.05, 0.1) is 0 Å². The van der Waals surface area contributed by atoms with Gasteiger partial charge >= 0.3 is 0 Å². The molecule has 0 unspecified atom stereocenters. The van der Waals surface area contributed by atoms with Crippen LogP contribution < -0.4 is 5.43 Å². The van der Waals surface area contributed by atoms with Crippen molar-refractivity contribution in [3.05, 3.63) is 35.9 Å². The van der Waals surface area contributed by atoms with Gasteiger partial charge in [0.25, 0.3) is 5.91 Å². The molecule has 0 atom stereocenters. The molecule has 0 saturated heterocycles. The number of unbranched alkanes of at least 4 members (excludes halogenated alkanes) is 4. The van der Waals surface area contributed by atoms with Crippen molar-refractivity contribution in [2.75, 3.05) is 0 Å². The summed E-state index contributed by atoms with van der Waals surface area (Å²) in [7, 11) is 0. The minimum Gasteiger partial charge on any atom is -0.267 e. The van der Waals surface area contributed by atoms with Gasteiger partial charge in [-0.2, -0.15) is 5.10 Å². The topological polar surface area (TPSA) is 41.5 Å². The molecule has 3 heteroatoms. The van der Waals surface area contributed by atoms with E-state index in [-0.39, 0.29) is 5.91 Å². The summed E-state index contributed by atoms with van der Waals surface area (Å²) in [6, 6.07) is 9.15. The summed E-state index contributed by atoms with van der Waals surface area (Å²) in [5.41, 5.74) is 4.23. The molecule has 104 valence electrons. The van der Waals surface area contributed by atoms with Crippen LogP contribution in [0.2, 0.25) is 0 Å². The van der Waals surface area contributed by atoms with Crippen LogP contribution in [0.25, 0.3) is 0 Å². The van der Waals surface area contributed by atoms with Crippen molar-refractivity contribution in [2.45, 2.75) is 52.4 Å². The minimum absolute atomic E-state index is 0.147. The first-order valence-corrected chi connectivity index (χ1v) is 7.12. The van der Waals surface area contributed by atoms with Crippen LogP contribution in [-0.4, -0.2) is 11.6 Å². The molecule has 0 aliphatic carbocycles. The van der Waals surface area contributed by atoms with Gasteiger partial charge in [-0.15, -0.1) is 0 Å². The third-order valence-corrected chi connectivity index (χ3v) is 3.03. The maximum atomic E-state index is 11.7. The van der Waals surface area contributed by atoms with E-state index in [2.05, 4.69) is 17.5 Å². The lowest BCUT2D eigenvalue weighted by molar-refractivity contribution is 0.0954. The number of hydrazone groups is 1. The molecule has 19 heavy (non-hydrogen) atoms. The molecule has 1 amide bonds. The standard InChI is InChI=1S/C16H24N2O/c1-3-4-5-6-8-11-14(2)17-18-16(19)15-12-9-7-10-13-15/h7,9-10,12-13H,3-6,8,11H2,1-2H3,(H,18,19)/b17-14-. The Kier molecular flexibility index (Phi) is 7.56. The van der Waals surface area contributed by atoms with Crippen LogP contribution in [0.3, 0.4) is 0 Å². The molecule has 0 saturated carbocycles. The Bertz CT molecular complexity index is 398. The summed E-state index contributed by atoms with van der Waals surface area (Å²) >= 11 is 0. The van der Waals surface area contributed by atoms with E-state index in [9.17, 15) is 4.79 Å². The third-order valence-electron chi connectivity index (χ3n) is 3.03. The number of rotatable bonds is 8. The lowest BCUT2D eigenvalue weighted by atomic mass is 10.1. The molecular weight excluding hydrogens is 236 g/mol. The molecule has 1 aromatic carbocycles. The lowest BCUT2D eigenvalue weighted by Gasteiger charge is -2.03. The van der Waals surface area contributed by atoms with Crippen molar-refractivity contribution >= 4 is 11.6 Å². The molecule has 0 fully saturated rings. The molecule has 0 aliphatic heterocycles. The minimum atomic E-state index is -0.147. The Morgan fingerprint density at radius 1 is 1.11 bits per heavy atom.